The molecule has 3 atom stereocenters. The van der Waals surface area contributed by atoms with Crippen LogP contribution in [0.15, 0.2) is 24.4 Å². The smallest absolute Gasteiger partial charge is 0.254 e. The van der Waals surface area contributed by atoms with Crippen LogP contribution in [-0.2, 0) is 14.3 Å². The van der Waals surface area contributed by atoms with E-state index in [4.69, 9.17) is 21.1 Å². The summed E-state index contributed by atoms with van der Waals surface area (Å²) in [6, 6.07) is 6.01. The van der Waals surface area contributed by atoms with Gasteiger partial charge in [-0.15, -0.1) is 0 Å². The van der Waals surface area contributed by atoms with E-state index in [2.05, 4.69) is 28.2 Å². The van der Waals surface area contributed by atoms with Crippen molar-refractivity contribution in [3.8, 4) is 0 Å². The van der Waals surface area contributed by atoms with Crippen molar-refractivity contribution in [1.82, 2.24) is 9.88 Å². The SMILES string of the molecule is C[C@@]1(N2CCC(c3cc4cc(NC(=O)[C@H]5CCCO5)ncc4cc3Cl)CC2)COC[C@@H]1O. The largest absolute Gasteiger partial charge is 0.389 e. The van der Waals surface area contributed by atoms with Gasteiger partial charge in [0.25, 0.3) is 5.91 Å². The number of aliphatic hydroxyl groups is 1. The van der Waals surface area contributed by atoms with Crippen molar-refractivity contribution in [3.05, 3.63) is 35.0 Å². The van der Waals surface area contributed by atoms with Crippen molar-refractivity contribution >= 4 is 34.1 Å². The molecule has 4 heterocycles. The average Bonchev–Trinajstić information content (AvgIpc) is 3.45. The summed E-state index contributed by atoms with van der Waals surface area (Å²) in [4.78, 5) is 19.1. The molecule has 1 amide bonds. The number of anilines is 1. The maximum absolute atomic E-state index is 12.4. The number of pyridine rings is 1. The fourth-order valence-corrected chi connectivity index (χ4v) is 5.54. The number of fused-ring (bicyclic) bond motifs is 1. The van der Waals surface area contributed by atoms with Crippen molar-refractivity contribution in [3.63, 3.8) is 0 Å². The molecule has 0 bridgehead atoms. The predicted octanol–water partition coefficient (Wildman–Crippen LogP) is 3.33. The third-order valence-corrected chi connectivity index (χ3v) is 7.68. The molecule has 172 valence electrons. The number of carbonyl (C=O) groups is 1. The zero-order valence-corrected chi connectivity index (χ0v) is 19.1. The zero-order chi connectivity index (χ0) is 22.3. The molecule has 1 aromatic carbocycles. The molecule has 3 aliphatic rings. The van der Waals surface area contributed by atoms with Gasteiger partial charge in [-0.05, 0) is 80.8 Å². The van der Waals surface area contributed by atoms with Crippen molar-refractivity contribution in [2.45, 2.75) is 56.3 Å². The van der Waals surface area contributed by atoms with Crippen LogP contribution in [0.25, 0.3) is 10.8 Å². The van der Waals surface area contributed by atoms with Crippen molar-refractivity contribution in [1.29, 1.82) is 0 Å². The summed E-state index contributed by atoms with van der Waals surface area (Å²) in [7, 11) is 0. The molecule has 3 aliphatic heterocycles. The molecule has 3 fully saturated rings. The normalized spacial score (nSPS) is 29.6. The number of rotatable bonds is 4. The topological polar surface area (TPSA) is 83.9 Å². The van der Waals surface area contributed by atoms with E-state index in [1.807, 2.05) is 12.1 Å². The second kappa shape index (κ2) is 8.88. The average molecular weight is 460 g/mol. The van der Waals surface area contributed by atoms with Gasteiger partial charge in [0.2, 0.25) is 0 Å². The highest BCUT2D eigenvalue weighted by Gasteiger charge is 2.45. The number of ether oxygens (including phenoxy) is 2. The quantitative estimate of drug-likeness (QED) is 0.729. The standard InChI is InChI=1S/C24H30ClN3O4/c1-24(14-31-13-21(24)29)28-6-4-15(5-7-28)18-9-16-11-22(26-12-17(16)10-19(18)25)27-23(30)20-3-2-8-32-20/h9-12,15,20-21,29H,2-8,13-14H2,1H3,(H,26,27,30)/t20-,21+,24-/m1/s1. The Morgan fingerprint density at radius 3 is 2.75 bits per heavy atom. The van der Waals surface area contributed by atoms with E-state index in [0.29, 0.717) is 31.6 Å². The number of hydrogen-bond donors (Lipinski definition) is 2. The Kier molecular flexibility index (Phi) is 6.11. The number of likely N-dealkylation sites (tertiary alicyclic amines) is 1. The van der Waals surface area contributed by atoms with Crippen LogP contribution in [0.5, 0.6) is 0 Å². The van der Waals surface area contributed by atoms with Crippen LogP contribution in [0.3, 0.4) is 0 Å². The number of halogens is 1. The van der Waals surface area contributed by atoms with E-state index in [0.717, 1.165) is 60.1 Å². The lowest BCUT2D eigenvalue weighted by atomic mass is 9.85. The molecule has 0 aliphatic carbocycles. The lowest BCUT2D eigenvalue weighted by Gasteiger charge is -2.43. The third kappa shape index (κ3) is 4.13. The first-order valence-electron chi connectivity index (χ1n) is 11.5. The Morgan fingerprint density at radius 2 is 2.06 bits per heavy atom. The van der Waals surface area contributed by atoms with Gasteiger partial charge in [-0.25, -0.2) is 4.98 Å². The first-order valence-corrected chi connectivity index (χ1v) is 11.8. The maximum Gasteiger partial charge on any atom is 0.254 e. The van der Waals surface area contributed by atoms with Crippen LogP contribution in [0.4, 0.5) is 5.82 Å². The number of piperidine rings is 1. The fraction of sp³-hybridized carbons (Fsp3) is 0.583. The van der Waals surface area contributed by atoms with Gasteiger partial charge in [0.15, 0.2) is 0 Å². The summed E-state index contributed by atoms with van der Waals surface area (Å²) in [6.07, 6.45) is 4.53. The molecular weight excluding hydrogens is 430 g/mol. The summed E-state index contributed by atoms with van der Waals surface area (Å²) < 4.78 is 11.0. The number of amides is 1. The summed E-state index contributed by atoms with van der Waals surface area (Å²) in [5.41, 5.74) is 0.828. The second-order valence-corrected chi connectivity index (χ2v) is 9.84. The molecule has 32 heavy (non-hydrogen) atoms. The third-order valence-electron chi connectivity index (χ3n) is 7.36. The highest BCUT2D eigenvalue weighted by molar-refractivity contribution is 6.32. The van der Waals surface area contributed by atoms with Crippen LogP contribution in [0.1, 0.15) is 44.1 Å². The highest BCUT2D eigenvalue weighted by Crippen LogP contribution is 2.38. The van der Waals surface area contributed by atoms with E-state index in [1.54, 1.807) is 6.20 Å². The minimum absolute atomic E-state index is 0.137. The van der Waals surface area contributed by atoms with Gasteiger partial charge in [0.1, 0.15) is 11.9 Å². The first kappa shape index (κ1) is 22.0. The number of aliphatic hydroxyl groups excluding tert-OH is 1. The molecule has 2 N–H and O–H groups in total. The van der Waals surface area contributed by atoms with E-state index in [-0.39, 0.29) is 17.6 Å². The van der Waals surface area contributed by atoms with Gasteiger partial charge < -0.3 is 19.9 Å². The molecule has 1 aromatic heterocycles. The van der Waals surface area contributed by atoms with Crippen molar-refractivity contribution in [2.24, 2.45) is 0 Å². The van der Waals surface area contributed by atoms with E-state index < -0.39 is 6.10 Å². The zero-order valence-electron chi connectivity index (χ0n) is 18.3. The van der Waals surface area contributed by atoms with Crippen LogP contribution in [0.2, 0.25) is 5.02 Å². The Bertz CT molecular complexity index is 1000. The number of hydrogen-bond acceptors (Lipinski definition) is 6. The molecule has 0 saturated carbocycles. The molecule has 0 spiro atoms. The summed E-state index contributed by atoms with van der Waals surface area (Å²) in [6.45, 7) is 5.50. The first-order chi connectivity index (χ1) is 15.4. The maximum atomic E-state index is 12.4. The molecule has 0 radical (unpaired) electrons. The molecular formula is C24H30ClN3O4. The van der Waals surface area contributed by atoms with Crippen LogP contribution in [-0.4, -0.2) is 71.6 Å². The Morgan fingerprint density at radius 1 is 1.25 bits per heavy atom. The Labute approximate surface area is 193 Å². The number of carbonyl (C=O) groups excluding carboxylic acids is 1. The Hall–Kier alpha value is -1.77. The number of aromatic nitrogens is 1. The van der Waals surface area contributed by atoms with Gasteiger partial charge in [0, 0.05) is 23.2 Å². The molecule has 7 nitrogen and oxygen atoms in total. The lowest BCUT2D eigenvalue weighted by Crippen LogP contribution is -2.56. The minimum atomic E-state index is -0.445. The van der Waals surface area contributed by atoms with Crippen LogP contribution in [0, 0.1) is 0 Å². The Balaban J connectivity index is 1.31. The minimum Gasteiger partial charge on any atom is -0.389 e. The monoisotopic (exact) mass is 459 g/mol. The van der Waals surface area contributed by atoms with E-state index >= 15 is 0 Å². The number of nitrogens with zero attached hydrogens (tertiary/aromatic N) is 2. The molecule has 2 aromatic rings. The summed E-state index contributed by atoms with van der Waals surface area (Å²) in [5.74, 6) is 0.746. The van der Waals surface area contributed by atoms with Gasteiger partial charge in [-0.2, -0.15) is 0 Å². The highest BCUT2D eigenvalue weighted by atomic mass is 35.5. The molecule has 0 unspecified atom stereocenters. The van der Waals surface area contributed by atoms with E-state index in [1.165, 1.54) is 0 Å². The number of nitrogens with one attached hydrogen (secondary N) is 1. The molecule has 8 heteroatoms. The van der Waals surface area contributed by atoms with Crippen LogP contribution >= 0.6 is 11.6 Å². The number of benzene rings is 1. The van der Waals surface area contributed by atoms with Gasteiger partial charge in [-0.1, -0.05) is 11.6 Å². The van der Waals surface area contributed by atoms with Crippen molar-refractivity contribution in [2.75, 3.05) is 38.2 Å². The molecule has 5 rings (SSSR count). The van der Waals surface area contributed by atoms with Gasteiger partial charge >= 0.3 is 0 Å². The summed E-state index contributed by atoms with van der Waals surface area (Å²) in [5, 5.41) is 16.0. The van der Waals surface area contributed by atoms with Gasteiger partial charge in [0.05, 0.1) is 24.9 Å². The van der Waals surface area contributed by atoms with E-state index in [9.17, 15) is 9.90 Å². The summed E-state index contributed by atoms with van der Waals surface area (Å²) >= 11 is 6.67. The molecule has 3 saturated heterocycles. The fourth-order valence-electron chi connectivity index (χ4n) is 5.21. The second-order valence-electron chi connectivity index (χ2n) is 9.43. The predicted molar refractivity (Wildman–Crippen MR) is 123 cm³/mol. The van der Waals surface area contributed by atoms with Gasteiger partial charge in [-0.3, -0.25) is 9.69 Å². The van der Waals surface area contributed by atoms with Crippen molar-refractivity contribution < 1.29 is 19.4 Å². The lowest BCUT2D eigenvalue weighted by molar-refractivity contribution is -0.124. The van der Waals surface area contributed by atoms with Crippen LogP contribution < -0.4 is 5.32 Å².